The minimum Gasteiger partial charge on any atom is -0.490 e. The van der Waals surface area contributed by atoms with Crippen LogP contribution in [0.25, 0.3) is 0 Å². The molecule has 3 rings (SSSR count). The van der Waals surface area contributed by atoms with Gasteiger partial charge in [-0.15, -0.1) is 0 Å². The molecule has 3 aromatic rings. The van der Waals surface area contributed by atoms with E-state index in [9.17, 15) is 26.4 Å². The Kier molecular flexibility index (Phi) is 8.23. The fourth-order valence-corrected chi connectivity index (χ4v) is 4.18. The Hall–Kier alpha value is -3.73. The van der Waals surface area contributed by atoms with Crippen molar-refractivity contribution >= 4 is 21.7 Å². The number of sulfonamides is 1. The first kappa shape index (κ1) is 25.9. The normalized spacial score (nSPS) is 11.6. The second kappa shape index (κ2) is 11.1. The number of carboxylic acid groups (broad SMARTS) is 1. The zero-order chi connectivity index (χ0) is 25.5. The molecule has 0 heterocycles. The monoisotopic (exact) mass is 509 g/mol. The van der Waals surface area contributed by atoms with E-state index in [-0.39, 0.29) is 25.3 Å². The molecule has 0 bridgehead atoms. The van der Waals surface area contributed by atoms with E-state index in [0.29, 0.717) is 24.0 Å². The first-order valence-electron chi connectivity index (χ1n) is 10.4. The maximum atomic E-state index is 12.9. The standard InChI is InChI=1S/C24H22F3NO6S/c25-24(26,27)18-5-3-6-21(16-18)35(31,32)28-19-9-11-20(12-10-19)33-14-15-34-22-7-2-1-4-17(22)8-13-23(29)30/h1-7,9-12,16,28H,8,13-15H2,(H,29,30). The van der Waals surface area contributed by atoms with Crippen molar-refractivity contribution in [1.82, 2.24) is 0 Å². The lowest BCUT2D eigenvalue weighted by atomic mass is 10.1. The van der Waals surface area contributed by atoms with Gasteiger partial charge in [0.05, 0.1) is 10.5 Å². The van der Waals surface area contributed by atoms with Crippen LogP contribution in [0.1, 0.15) is 17.5 Å². The smallest absolute Gasteiger partial charge is 0.416 e. The molecule has 0 aliphatic heterocycles. The molecular formula is C24H22F3NO6S. The highest BCUT2D eigenvalue weighted by atomic mass is 32.2. The molecule has 0 aromatic heterocycles. The van der Waals surface area contributed by atoms with E-state index in [1.807, 2.05) is 0 Å². The molecule has 3 aromatic carbocycles. The Balaban J connectivity index is 1.53. The van der Waals surface area contributed by atoms with Crippen LogP contribution < -0.4 is 14.2 Å². The highest BCUT2D eigenvalue weighted by Gasteiger charge is 2.31. The predicted molar refractivity (Wildman–Crippen MR) is 122 cm³/mol. The number of ether oxygens (including phenoxy) is 2. The summed E-state index contributed by atoms with van der Waals surface area (Å²) in [5.41, 5.74) is -0.137. The molecule has 35 heavy (non-hydrogen) atoms. The Morgan fingerprint density at radius 3 is 2.29 bits per heavy atom. The van der Waals surface area contributed by atoms with Gasteiger partial charge in [-0.3, -0.25) is 9.52 Å². The van der Waals surface area contributed by atoms with Crippen molar-refractivity contribution in [2.75, 3.05) is 17.9 Å². The lowest BCUT2D eigenvalue weighted by Gasteiger charge is -2.13. The van der Waals surface area contributed by atoms with Gasteiger partial charge in [0.15, 0.2) is 0 Å². The summed E-state index contributed by atoms with van der Waals surface area (Å²) >= 11 is 0. The predicted octanol–water partition coefficient (Wildman–Crippen LogP) is 4.98. The van der Waals surface area contributed by atoms with Crippen LogP contribution in [0.2, 0.25) is 0 Å². The fourth-order valence-electron chi connectivity index (χ4n) is 3.08. The maximum Gasteiger partial charge on any atom is 0.416 e. The highest BCUT2D eigenvalue weighted by Crippen LogP contribution is 2.31. The lowest BCUT2D eigenvalue weighted by molar-refractivity contribution is -0.138. The van der Waals surface area contributed by atoms with Crippen LogP contribution in [0.3, 0.4) is 0 Å². The Labute approximate surface area is 200 Å². The van der Waals surface area contributed by atoms with Crippen LogP contribution in [-0.4, -0.2) is 32.7 Å². The number of anilines is 1. The van der Waals surface area contributed by atoms with E-state index in [0.717, 1.165) is 23.8 Å². The number of aliphatic carboxylic acids is 1. The van der Waals surface area contributed by atoms with Gasteiger partial charge < -0.3 is 14.6 Å². The Bertz CT molecular complexity index is 1260. The molecular weight excluding hydrogens is 487 g/mol. The summed E-state index contributed by atoms with van der Waals surface area (Å²) in [6.45, 7) is 0.358. The number of alkyl halides is 3. The molecule has 186 valence electrons. The average Bonchev–Trinajstić information content (AvgIpc) is 2.81. The van der Waals surface area contributed by atoms with Gasteiger partial charge in [-0.25, -0.2) is 8.42 Å². The zero-order valence-corrected chi connectivity index (χ0v) is 19.1. The van der Waals surface area contributed by atoms with Crippen LogP contribution >= 0.6 is 0 Å². The number of para-hydroxylation sites is 1. The maximum absolute atomic E-state index is 12.9. The second-order valence-electron chi connectivity index (χ2n) is 7.35. The number of hydrogen-bond donors (Lipinski definition) is 2. The van der Waals surface area contributed by atoms with Gasteiger partial charge in [0.1, 0.15) is 24.7 Å². The summed E-state index contributed by atoms with van der Waals surface area (Å²) in [5, 5.41) is 8.85. The number of nitrogens with one attached hydrogen (secondary N) is 1. The van der Waals surface area contributed by atoms with Gasteiger partial charge in [-0.1, -0.05) is 24.3 Å². The Morgan fingerprint density at radius 1 is 0.914 bits per heavy atom. The SMILES string of the molecule is O=C(O)CCc1ccccc1OCCOc1ccc(NS(=O)(=O)c2cccc(C(F)(F)F)c2)cc1. The number of carboxylic acids is 1. The van der Waals surface area contributed by atoms with Crippen LogP contribution in [-0.2, 0) is 27.4 Å². The summed E-state index contributed by atoms with van der Waals surface area (Å²) in [4.78, 5) is 10.3. The van der Waals surface area contributed by atoms with E-state index >= 15 is 0 Å². The summed E-state index contributed by atoms with van der Waals surface area (Å²) < 4.78 is 77.0. The summed E-state index contributed by atoms with van der Waals surface area (Å²) in [7, 11) is -4.22. The quantitative estimate of drug-likeness (QED) is 0.354. The molecule has 0 spiro atoms. The Morgan fingerprint density at radius 2 is 1.60 bits per heavy atom. The molecule has 0 amide bonds. The summed E-state index contributed by atoms with van der Waals surface area (Å²) in [6, 6.07) is 16.4. The molecule has 0 aliphatic carbocycles. The van der Waals surface area contributed by atoms with Crippen LogP contribution in [0.4, 0.5) is 18.9 Å². The van der Waals surface area contributed by atoms with Crippen LogP contribution in [0, 0.1) is 0 Å². The highest BCUT2D eigenvalue weighted by molar-refractivity contribution is 7.92. The van der Waals surface area contributed by atoms with Crippen molar-refractivity contribution in [2.45, 2.75) is 23.9 Å². The molecule has 7 nitrogen and oxygen atoms in total. The van der Waals surface area contributed by atoms with Crippen molar-refractivity contribution in [2.24, 2.45) is 0 Å². The average molecular weight is 510 g/mol. The molecule has 0 atom stereocenters. The van der Waals surface area contributed by atoms with E-state index in [4.69, 9.17) is 14.6 Å². The van der Waals surface area contributed by atoms with Gasteiger partial charge in [-0.2, -0.15) is 13.2 Å². The van der Waals surface area contributed by atoms with Crippen molar-refractivity contribution in [3.8, 4) is 11.5 Å². The van der Waals surface area contributed by atoms with Gasteiger partial charge in [-0.05, 0) is 60.5 Å². The summed E-state index contributed by atoms with van der Waals surface area (Å²) in [5.74, 6) is 0.0928. The van der Waals surface area contributed by atoms with Crippen molar-refractivity contribution in [1.29, 1.82) is 0 Å². The third-order valence-corrected chi connectivity index (χ3v) is 6.15. The molecule has 0 fully saturated rings. The van der Waals surface area contributed by atoms with Gasteiger partial charge in [0, 0.05) is 12.1 Å². The molecule has 0 radical (unpaired) electrons. The van der Waals surface area contributed by atoms with Gasteiger partial charge >= 0.3 is 12.1 Å². The lowest BCUT2D eigenvalue weighted by Crippen LogP contribution is -2.14. The minimum atomic E-state index is -4.66. The van der Waals surface area contributed by atoms with E-state index in [2.05, 4.69) is 4.72 Å². The second-order valence-corrected chi connectivity index (χ2v) is 9.04. The molecule has 0 saturated carbocycles. The number of benzene rings is 3. The minimum absolute atomic E-state index is 0.0132. The molecule has 0 aliphatic rings. The number of aryl methyl sites for hydroxylation is 1. The van der Waals surface area contributed by atoms with Crippen molar-refractivity contribution < 1.29 is 41.0 Å². The number of rotatable bonds is 11. The molecule has 0 unspecified atom stereocenters. The first-order valence-corrected chi connectivity index (χ1v) is 11.9. The van der Waals surface area contributed by atoms with E-state index in [1.165, 1.54) is 24.3 Å². The summed E-state index contributed by atoms with van der Waals surface area (Å²) in [6.07, 6.45) is -4.33. The molecule has 2 N–H and O–H groups in total. The topological polar surface area (TPSA) is 102 Å². The third kappa shape index (κ3) is 7.64. The largest absolute Gasteiger partial charge is 0.490 e. The van der Waals surface area contributed by atoms with E-state index in [1.54, 1.807) is 24.3 Å². The molecule has 0 saturated heterocycles. The number of halogens is 3. The van der Waals surface area contributed by atoms with E-state index < -0.39 is 32.6 Å². The first-order chi connectivity index (χ1) is 16.5. The van der Waals surface area contributed by atoms with Crippen LogP contribution in [0.15, 0.2) is 77.7 Å². The van der Waals surface area contributed by atoms with Gasteiger partial charge in [0.25, 0.3) is 10.0 Å². The number of carbonyl (C=O) groups is 1. The van der Waals surface area contributed by atoms with Crippen molar-refractivity contribution in [3.63, 3.8) is 0 Å². The number of hydrogen-bond acceptors (Lipinski definition) is 5. The molecule has 11 heteroatoms. The van der Waals surface area contributed by atoms with Gasteiger partial charge in [0.2, 0.25) is 0 Å². The van der Waals surface area contributed by atoms with Crippen LogP contribution in [0.5, 0.6) is 11.5 Å². The fraction of sp³-hybridized carbons (Fsp3) is 0.208. The third-order valence-electron chi connectivity index (χ3n) is 4.77. The zero-order valence-electron chi connectivity index (χ0n) is 18.3. The van der Waals surface area contributed by atoms with Crippen molar-refractivity contribution in [3.05, 3.63) is 83.9 Å².